The van der Waals surface area contributed by atoms with Crippen molar-refractivity contribution in [2.24, 2.45) is 0 Å². The van der Waals surface area contributed by atoms with Crippen molar-refractivity contribution >= 4 is 9.84 Å². The third kappa shape index (κ3) is 3.68. The lowest BCUT2D eigenvalue weighted by Gasteiger charge is -2.21. The van der Waals surface area contributed by atoms with Crippen molar-refractivity contribution in [1.82, 2.24) is 0 Å². The molecule has 4 N–H and O–H groups in total. The molecule has 0 saturated carbocycles. The van der Waals surface area contributed by atoms with Gasteiger partial charge in [0, 0.05) is 11.1 Å². The molecule has 180 valence electrons. The molecule has 0 aromatic heterocycles. The molecule has 7 heteroatoms. The van der Waals surface area contributed by atoms with E-state index in [0.717, 1.165) is 0 Å². The summed E-state index contributed by atoms with van der Waals surface area (Å²) in [4.78, 5) is -1.03. The van der Waals surface area contributed by atoms with Crippen LogP contribution in [0.15, 0.2) is 70.5 Å². The van der Waals surface area contributed by atoms with E-state index in [-0.39, 0.29) is 11.1 Å². The summed E-state index contributed by atoms with van der Waals surface area (Å²) in [6, 6.07) is 17.7. The number of rotatable bonds is 4. The van der Waals surface area contributed by atoms with Crippen LogP contribution in [0.4, 0.5) is 0 Å². The first kappa shape index (κ1) is 24.2. The zero-order valence-electron chi connectivity index (χ0n) is 19.8. The second-order valence-corrected chi connectivity index (χ2v) is 10.4. The highest BCUT2D eigenvalue weighted by atomic mass is 32.2. The van der Waals surface area contributed by atoms with Gasteiger partial charge in [0.15, 0.2) is 23.0 Å². The normalized spacial score (nSPS) is 11.5. The quantitative estimate of drug-likeness (QED) is 0.264. The second-order valence-electron chi connectivity index (χ2n) is 8.54. The molecule has 0 aliphatic carbocycles. The molecule has 0 aliphatic heterocycles. The predicted molar refractivity (Wildman–Crippen MR) is 135 cm³/mol. The van der Waals surface area contributed by atoms with Crippen LogP contribution in [-0.2, 0) is 9.84 Å². The van der Waals surface area contributed by atoms with Gasteiger partial charge in [-0.3, -0.25) is 0 Å². The van der Waals surface area contributed by atoms with E-state index in [1.807, 2.05) is 0 Å². The van der Waals surface area contributed by atoms with Crippen LogP contribution in [0.1, 0.15) is 22.3 Å². The van der Waals surface area contributed by atoms with Gasteiger partial charge in [-0.25, -0.2) is 8.42 Å². The zero-order valence-corrected chi connectivity index (χ0v) is 20.6. The fraction of sp³-hybridized carbons (Fsp3) is 0.143. The van der Waals surface area contributed by atoms with Gasteiger partial charge in [0.05, 0.1) is 0 Å². The van der Waals surface area contributed by atoms with Gasteiger partial charge in [-0.2, -0.15) is 0 Å². The van der Waals surface area contributed by atoms with E-state index in [0.29, 0.717) is 33.4 Å². The Morgan fingerprint density at radius 3 is 1.11 bits per heavy atom. The molecule has 4 aromatic rings. The molecule has 0 radical (unpaired) electrons. The molecule has 6 nitrogen and oxygen atoms in total. The van der Waals surface area contributed by atoms with E-state index in [9.17, 15) is 28.8 Å². The maximum Gasteiger partial charge on any atom is 0.214 e. The Labute approximate surface area is 204 Å². The van der Waals surface area contributed by atoms with Crippen LogP contribution in [0.5, 0.6) is 23.0 Å². The molecule has 0 heterocycles. The minimum absolute atomic E-state index is 0.224. The SMILES string of the molecule is Cc1c(C)c(S(=O)(=O)c2c(C)c(C)c(-c3ccccc3)c(O)c2O)c(O)c(O)c1-c1ccccc1. The van der Waals surface area contributed by atoms with Crippen LogP contribution in [0.2, 0.25) is 0 Å². The molecule has 0 aliphatic rings. The molecule has 35 heavy (non-hydrogen) atoms. The second kappa shape index (κ2) is 8.67. The topological polar surface area (TPSA) is 115 Å². The van der Waals surface area contributed by atoms with Gasteiger partial charge in [0.1, 0.15) is 9.79 Å². The predicted octanol–water partition coefficient (Wildman–Crippen LogP) is 5.91. The van der Waals surface area contributed by atoms with Crippen molar-refractivity contribution in [1.29, 1.82) is 0 Å². The first-order valence-corrected chi connectivity index (χ1v) is 12.4. The zero-order chi connectivity index (χ0) is 25.7. The average molecular weight is 491 g/mol. The molecule has 4 aromatic carbocycles. The van der Waals surface area contributed by atoms with E-state index >= 15 is 0 Å². The Bertz CT molecular complexity index is 1390. The number of benzene rings is 4. The Hall–Kier alpha value is -3.97. The number of hydrogen-bond acceptors (Lipinski definition) is 6. The van der Waals surface area contributed by atoms with Gasteiger partial charge in [-0.15, -0.1) is 0 Å². The number of phenols is 4. The van der Waals surface area contributed by atoms with E-state index < -0.39 is 42.6 Å². The first-order valence-electron chi connectivity index (χ1n) is 11.0. The highest BCUT2D eigenvalue weighted by Gasteiger charge is 2.35. The maximum atomic E-state index is 13.9. The van der Waals surface area contributed by atoms with Gasteiger partial charge in [-0.1, -0.05) is 60.7 Å². The highest BCUT2D eigenvalue weighted by Crippen LogP contribution is 2.51. The summed E-state index contributed by atoms with van der Waals surface area (Å²) in [5.74, 6) is -2.77. The van der Waals surface area contributed by atoms with Crippen molar-refractivity contribution in [2.45, 2.75) is 37.5 Å². The molecule has 0 spiro atoms. The van der Waals surface area contributed by atoms with Gasteiger partial charge in [-0.05, 0) is 61.1 Å². The summed E-state index contributed by atoms with van der Waals surface area (Å²) in [5, 5.41) is 43.6. The number of hydrogen-bond donors (Lipinski definition) is 4. The minimum atomic E-state index is -4.57. The van der Waals surface area contributed by atoms with E-state index in [2.05, 4.69) is 0 Å². The Morgan fingerprint density at radius 2 is 0.800 bits per heavy atom. The molecule has 0 fully saturated rings. The lowest BCUT2D eigenvalue weighted by molar-refractivity contribution is 0.389. The summed E-state index contributed by atoms with van der Waals surface area (Å²) in [6.07, 6.45) is 0. The van der Waals surface area contributed by atoms with E-state index in [1.165, 1.54) is 13.8 Å². The van der Waals surface area contributed by atoms with E-state index in [4.69, 9.17) is 0 Å². The Balaban J connectivity index is 2.02. The standard InChI is InChI=1S/C28H26O6S/c1-15-17(3)27(25(31)23(29)21(15)19-11-7-5-8-12-19)35(33,34)28-18(4)16(2)22(24(30)26(28)32)20-13-9-6-10-14-20/h5-14,29-32H,1-4H3. The molecule has 0 bridgehead atoms. The summed E-state index contributed by atoms with van der Waals surface area (Å²) in [6.45, 7) is 6.38. The number of aromatic hydroxyl groups is 4. The van der Waals surface area contributed by atoms with Gasteiger partial charge in [0.25, 0.3) is 0 Å². The third-order valence-electron chi connectivity index (χ3n) is 6.57. The maximum absolute atomic E-state index is 13.9. The van der Waals surface area contributed by atoms with Crippen LogP contribution < -0.4 is 0 Å². The summed E-state index contributed by atoms with van der Waals surface area (Å²) >= 11 is 0. The lowest BCUT2D eigenvalue weighted by atomic mass is 9.95. The van der Waals surface area contributed by atoms with Crippen LogP contribution in [0, 0.1) is 27.7 Å². The molecular weight excluding hydrogens is 464 g/mol. The molecule has 0 saturated heterocycles. The highest BCUT2D eigenvalue weighted by molar-refractivity contribution is 7.91. The summed E-state index contributed by atoms with van der Waals surface area (Å²) in [5.41, 5.74) is 3.24. The molecular formula is C28H26O6S. The Kier molecular flexibility index (Phi) is 5.99. The Morgan fingerprint density at radius 1 is 0.486 bits per heavy atom. The smallest absolute Gasteiger partial charge is 0.214 e. The van der Waals surface area contributed by atoms with Crippen molar-refractivity contribution in [3.05, 3.63) is 82.9 Å². The molecule has 0 amide bonds. The van der Waals surface area contributed by atoms with Crippen molar-refractivity contribution in [3.8, 4) is 45.3 Å². The fourth-order valence-corrected chi connectivity index (χ4v) is 6.57. The van der Waals surface area contributed by atoms with Crippen molar-refractivity contribution < 1.29 is 28.8 Å². The van der Waals surface area contributed by atoms with Crippen LogP contribution in [-0.4, -0.2) is 28.8 Å². The lowest BCUT2D eigenvalue weighted by Crippen LogP contribution is -2.10. The van der Waals surface area contributed by atoms with Crippen molar-refractivity contribution in [2.75, 3.05) is 0 Å². The minimum Gasteiger partial charge on any atom is -0.504 e. The van der Waals surface area contributed by atoms with E-state index in [1.54, 1.807) is 74.5 Å². The first-order chi connectivity index (χ1) is 16.5. The number of sulfone groups is 1. The largest absolute Gasteiger partial charge is 0.504 e. The molecule has 4 rings (SSSR count). The number of phenolic OH excluding ortho intramolecular Hbond substituents is 4. The summed E-state index contributed by atoms with van der Waals surface area (Å²) in [7, 11) is -4.57. The monoisotopic (exact) mass is 490 g/mol. The van der Waals surface area contributed by atoms with Crippen LogP contribution in [0.3, 0.4) is 0 Å². The van der Waals surface area contributed by atoms with Gasteiger partial charge >= 0.3 is 0 Å². The average Bonchev–Trinajstić information content (AvgIpc) is 2.83. The van der Waals surface area contributed by atoms with Crippen LogP contribution in [0.25, 0.3) is 22.3 Å². The molecule has 0 atom stereocenters. The fourth-order valence-electron chi connectivity index (χ4n) is 4.55. The summed E-state index contributed by atoms with van der Waals surface area (Å²) < 4.78 is 27.8. The van der Waals surface area contributed by atoms with Gasteiger partial charge in [0.2, 0.25) is 9.84 Å². The van der Waals surface area contributed by atoms with Crippen molar-refractivity contribution in [3.63, 3.8) is 0 Å². The van der Waals surface area contributed by atoms with Crippen LogP contribution >= 0.6 is 0 Å². The van der Waals surface area contributed by atoms with Gasteiger partial charge < -0.3 is 20.4 Å². The third-order valence-corrected chi connectivity index (χ3v) is 8.64. The molecule has 0 unspecified atom stereocenters.